The molecule has 0 radical (unpaired) electrons. The van der Waals surface area contributed by atoms with Gasteiger partial charge in [0.05, 0.1) is 5.56 Å². The minimum Gasteiger partial charge on any atom is -0.423 e. The van der Waals surface area contributed by atoms with E-state index in [1.54, 1.807) is 18.3 Å². The van der Waals surface area contributed by atoms with E-state index in [2.05, 4.69) is 11.9 Å². The topological polar surface area (TPSA) is 39.2 Å². The van der Waals surface area contributed by atoms with E-state index in [0.29, 0.717) is 11.3 Å². The molecule has 20 heavy (non-hydrogen) atoms. The van der Waals surface area contributed by atoms with Crippen LogP contribution in [0.15, 0.2) is 48.8 Å². The number of carbonyl (C=O) groups excluding carboxylic acids is 1. The molecule has 0 aliphatic rings. The van der Waals surface area contributed by atoms with Crippen LogP contribution < -0.4 is 4.74 Å². The number of hydrogen-bond acceptors (Lipinski definition) is 3. The maximum atomic E-state index is 11.8. The van der Waals surface area contributed by atoms with Gasteiger partial charge in [-0.25, -0.2) is 4.79 Å². The fraction of sp³-hybridized carbons (Fsp3) is 0.294. The molecule has 1 heterocycles. The normalized spacial score (nSPS) is 10.2. The molecule has 0 amide bonds. The Morgan fingerprint density at radius 2 is 1.95 bits per heavy atom. The average molecular weight is 269 g/mol. The number of benzene rings is 1. The lowest BCUT2D eigenvalue weighted by Crippen LogP contribution is -2.08. The summed E-state index contributed by atoms with van der Waals surface area (Å²) in [6, 6.07) is 11.1. The third kappa shape index (κ3) is 4.19. The third-order valence-corrected chi connectivity index (χ3v) is 3.10. The van der Waals surface area contributed by atoms with Crippen molar-refractivity contribution in [1.82, 2.24) is 4.98 Å². The third-order valence-electron chi connectivity index (χ3n) is 3.10. The predicted octanol–water partition coefficient (Wildman–Crippen LogP) is 4.03. The van der Waals surface area contributed by atoms with Crippen molar-refractivity contribution in [1.29, 1.82) is 0 Å². The Morgan fingerprint density at radius 3 is 2.60 bits per heavy atom. The number of pyridine rings is 1. The number of aromatic nitrogens is 1. The fourth-order valence-electron chi connectivity index (χ4n) is 1.95. The van der Waals surface area contributed by atoms with Gasteiger partial charge in [-0.15, -0.1) is 0 Å². The van der Waals surface area contributed by atoms with Gasteiger partial charge in [-0.2, -0.15) is 0 Å². The summed E-state index contributed by atoms with van der Waals surface area (Å²) in [4.78, 5) is 15.8. The number of ether oxygens (including phenoxy) is 1. The van der Waals surface area contributed by atoms with Crippen molar-refractivity contribution in [3.05, 3.63) is 59.9 Å². The number of nitrogens with zero attached hydrogens (tertiary/aromatic N) is 1. The van der Waals surface area contributed by atoms with Gasteiger partial charge in [-0.05, 0) is 42.7 Å². The molecule has 2 rings (SSSR count). The molecular formula is C17H19NO2. The molecule has 0 N–H and O–H groups in total. The van der Waals surface area contributed by atoms with E-state index in [1.807, 2.05) is 24.3 Å². The molecule has 3 nitrogen and oxygen atoms in total. The number of rotatable bonds is 6. The maximum absolute atomic E-state index is 11.8. The van der Waals surface area contributed by atoms with Gasteiger partial charge in [0.1, 0.15) is 5.75 Å². The summed E-state index contributed by atoms with van der Waals surface area (Å²) in [5.74, 6) is 0.190. The molecule has 1 aromatic carbocycles. The Kier molecular flexibility index (Phi) is 5.30. The van der Waals surface area contributed by atoms with Gasteiger partial charge in [0.15, 0.2) is 0 Å². The lowest BCUT2D eigenvalue weighted by Gasteiger charge is -2.05. The highest BCUT2D eigenvalue weighted by Crippen LogP contribution is 2.15. The molecule has 0 unspecified atom stereocenters. The number of aryl methyl sites for hydroxylation is 1. The highest BCUT2D eigenvalue weighted by molar-refractivity contribution is 5.90. The zero-order chi connectivity index (χ0) is 14.2. The Morgan fingerprint density at radius 1 is 1.15 bits per heavy atom. The van der Waals surface area contributed by atoms with Gasteiger partial charge < -0.3 is 4.74 Å². The van der Waals surface area contributed by atoms with Crippen molar-refractivity contribution >= 4 is 5.97 Å². The minimum atomic E-state index is -0.378. The Balaban J connectivity index is 1.92. The first kappa shape index (κ1) is 14.3. The SMILES string of the molecule is CCCCCc1ccc(OC(=O)c2cccnc2)cc1. The van der Waals surface area contributed by atoms with Crippen LogP contribution in [0.3, 0.4) is 0 Å². The first-order valence-electron chi connectivity index (χ1n) is 7.00. The molecule has 0 saturated heterocycles. The Labute approximate surface area is 119 Å². The number of hydrogen-bond donors (Lipinski definition) is 0. The number of esters is 1. The second kappa shape index (κ2) is 7.43. The van der Waals surface area contributed by atoms with Crippen molar-refractivity contribution in [2.45, 2.75) is 32.6 Å². The second-order valence-electron chi connectivity index (χ2n) is 4.73. The highest BCUT2D eigenvalue weighted by atomic mass is 16.5. The van der Waals surface area contributed by atoms with E-state index in [1.165, 1.54) is 31.0 Å². The lowest BCUT2D eigenvalue weighted by atomic mass is 10.1. The van der Waals surface area contributed by atoms with Crippen LogP contribution in [-0.2, 0) is 6.42 Å². The zero-order valence-electron chi connectivity index (χ0n) is 11.7. The molecule has 0 aliphatic carbocycles. The van der Waals surface area contributed by atoms with E-state index in [9.17, 15) is 4.79 Å². The summed E-state index contributed by atoms with van der Waals surface area (Å²) in [5.41, 5.74) is 1.74. The van der Waals surface area contributed by atoms with Crippen molar-refractivity contribution in [2.24, 2.45) is 0 Å². The smallest absolute Gasteiger partial charge is 0.345 e. The second-order valence-corrected chi connectivity index (χ2v) is 4.73. The van der Waals surface area contributed by atoms with E-state index >= 15 is 0 Å². The van der Waals surface area contributed by atoms with E-state index in [4.69, 9.17) is 4.74 Å². The quantitative estimate of drug-likeness (QED) is 0.451. The van der Waals surface area contributed by atoms with Crippen LogP contribution in [0.4, 0.5) is 0 Å². The van der Waals surface area contributed by atoms with Crippen LogP contribution >= 0.6 is 0 Å². The summed E-state index contributed by atoms with van der Waals surface area (Å²) in [6.07, 6.45) is 7.87. The average Bonchev–Trinajstić information content (AvgIpc) is 2.50. The molecular weight excluding hydrogens is 250 g/mol. The Bertz CT molecular complexity index is 535. The number of carbonyl (C=O) groups is 1. The van der Waals surface area contributed by atoms with Gasteiger partial charge in [0.25, 0.3) is 0 Å². The standard InChI is InChI=1S/C17H19NO2/c1-2-3-4-6-14-8-10-16(11-9-14)20-17(19)15-7-5-12-18-13-15/h5,7-13H,2-4,6H2,1H3. The monoisotopic (exact) mass is 269 g/mol. The molecule has 104 valence electrons. The summed E-state index contributed by atoms with van der Waals surface area (Å²) >= 11 is 0. The molecule has 0 aliphatic heterocycles. The van der Waals surface area contributed by atoms with Crippen LogP contribution in [0.5, 0.6) is 5.75 Å². The van der Waals surface area contributed by atoms with Crippen LogP contribution in [0.2, 0.25) is 0 Å². The first-order chi connectivity index (χ1) is 9.79. The fourth-order valence-corrected chi connectivity index (χ4v) is 1.95. The molecule has 3 heteroatoms. The van der Waals surface area contributed by atoms with Crippen molar-refractivity contribution in [2.75, 3.05) is 0 Å². The Hall–Kier alpha value is -2.16. The molecule has 0 bridgehead atoms. The summed E-state index contributed by atoms with van der Waals surface area (Å²) in [5, 5.41) is 0. The number of unbranched alkanes of at least 4 members (excludes halogenated alkanes) is 2. The van der Waals surface area contributed by atoms with Crippen LogP contribution in [0, 0.1) is 0 Å². The van der Waals surface area contributed by atoms with E-state index in [-0.39, 0.29) is 5.97 Å². The van der Waals surface area contributed by atoms with Crippen LogP contribution in [-0.4, -0.2) is 11.0 Å². The predicted molar refractivity (Wildman–Crippen MR) is 78.9 cm³/mol. The molecule has 0 spiro atoms. The molecule has 0 saturated carbocycles. The van der Waals surface area contributed by atoms with Crippen LogP contribution in [0.25, 0.3) is 0 Å². The molecule has 0 fully saturated rings. The van der Waals surface area contributed by atoms with Crippen LogP contribution in [0.1, 0.15) is 42.1 Å². The zero-order valence-corrected chi connectivity index (χ0v) is 11.7. The summed E-state index contributed by atoms with van der Waals surface area (Å²) in [6.45, 7) is 2.20. The van der Waals surface area contributed by atoms with Gasteiger partial charge in [0, 0.05) is 12.4 Å². The van der Waals surface area contributed by atoms with Crippen molar-refractivity contribution < 1.29 is 9.53 Å². The van der Waals surface area contributed by atoms with Crippen molar-refractivity contribution in [3.8, 4) is 5.75 Å². The summed E-state index contributed by atoms with van der Waals surface area (Å²) in [7, 11) is 0. The van der Waals surface area contributed by atoms with E-state index < -0.39 is 0 Å². The van der Waals surface area contributed by atoms with Crippen molar-refractivity contribution in [3.63, 3.8) is 0 Å². The van der Waals surface area contributed by atoms with Gasteiger partial charge in [-0.1, -0.05) is 31.9 Å². The van der Waals surface area contributed by atoms with E-state index in [0.717, 1.165) is 6.42 Å². The lowest BCUT2D eigenvalue weighted by molar-refractivity contribution is 0.0734. The molecule has 2 aromatic rings. The maximum Gasteiger partial charge on any atom is 0.345 e. The first-order valence-corrected chi connectivity index (χ1v) is 7.00. The summed E-state index contributed by atoms with van der Waals surface area (Å²) < 4.78 is 5.30. The van der Waals surface area contributed by atoms with Gasteiger partial charge >= 0.3 is 5.97 Å². The molecule has 0 atom stereocenters. The molecule has 1 aromatic heterocycles. The van der Waals surface area contributed by atoms with Gasteiger partial charge in [0.2, 0.25) is 0 Å². The largest absolute Gasteiger partial charge is 0.423 e. The van der Waals surface area contributed by atoms with Gasteiger partial charge in [-0.3, -0.25) is 4.98 Å². The highest BCUT2D eigenvalue weighted by Gasteiger charge is 2.07. The minimum absolute atomic E-state index is 0.378.